The maximum absolute atomic E-state index is 11.7. The van der Waals surface area contributed by atoms with Crippen LogP contribution in [-0.2, 0) is 0 Å². The van der Waals surface area contributed by atoms with Crippen molar-refractivity contribution in [2.45, 2.75) is 32.1 Å². The van der Waals surface area contributed by atoms with Gasteiger partial charge in [-0.25, -0.2) is 4.99 Å². The molecule has 1 aliphatic rings. The van der Waals surface area contributed by atoms with Crippen molar-refractivity contribution in [3.05, 3.63) is 35.9 Å². The average molecular weight is 215 g/mol. The SMILES string of the molecule is O=C(N=CC1CCCCC1)c1ccccc1. The second-order valence-electron chi connectivity index (χ2n) is 4.35. The Hall–Kier alpha value is -1.44. The minimum absolute atomic E-state index is 0.119. The van der Waals surface area contributed by atoms with E-state index in [9.17, 15) is 4.79 Å². The van der Waals surface area contributed by atoms with E-state index in [1.165, 1.54) is 32.1 Å². The summed E-state index contributed by atoms with van der Waals surface area (Å²) in [6, 6.07) is 9.25. The van der Waals surface area contributed by atoms with Gasteiger partial charge in [-0.2, -0.15) is 0 Å². The zero-order valence-corrected chi connectivity index (χ0v) is 9.43. The molecule has 1 amide bonds. The molecule has 1 aliphatic carbocycles. The topological polar surface area (TPSA) is 29.4 Å². The van der Waals surface area contributed by atoms with Crippen molar-refractivity contribution in [3.8, 4) is 0 Å². The summed E-state index contributed by atoms with van der Waals surface area (Å²) >= 11 is 0. The summed E-state index contributed by atoms with van der Waals surface area (Å²) in [5, 5.41) is 0. The van der Waals surface area contributed by atoms with E-state index in [1.54, 1.807) is 12.1 Å². The highest BCUT2D eigenvalue weighted by molar-refractivity contribution is 5.99. The van der Waals surface area contributed by atoms with Gasteiger partial charge in [0.25, 0.3) is 5.91 Å². The number of rotatable bonds is 2. The summed E-state index contributed by atoms with van der Waals surface area (Å²) in [5.74, 6) is 0.396. The molecular weight excluding hydrogens is 198 g/mol. The molecule has 0 atom stereocenters. The van der Waals surface area contributed by atoms with Crippen LogP contribution < -0.4 is 0 Å². The molecule has 2 nitrogen and oxygen atoms in total. The van der Waals surface area contributed by atoms with E-state index < -0.39 is 0 Å². The highest BCUT2D eigenvalue weighted by Gasteiger charge is 2.11. The highest BCUT2D eigenvalue weighted by Crippen LogP contribution is 2.21. The van der Waals surface area contributed by atoms with Crippen LogP contribution >= 0.6 is 0 Å². The van der Waals surface area contributed by atoms with E-state index in [2.05, 4.69) is 4.99 Å². The maximum Gasteiger partial charge on any atom is 0.276 e. The van der Waals surface area contributed by atoms with Gasteiger partial charge in [-0.05, 0) is 30.9 Å². The van der Waals surface area contributed by atoms with Gasteiger partial charge in [-0.3, -0.25) is 4.79 Å². The van der Waals surface area contributed by atoms with Crippen LogP contribution in [0.4, 0.5) is 0 Å². The third-order valence-corrected chi connectivity index (χ3v) is 3.07. The van der Waals surface area contributed by atoms with E-state index in [-0.39, 0.29) is 5.91 Å². The van der Waals surface area contributed by atoms with Gasteiger partial charge in [0.05, 0.1) is 0 Å². The molecular formula is C14H17NO. The first-order chi connectivity index (χ1) is 7.86. The Morgan fingerprint density at radius 3 is 2.50 bits per heavy atom. The van der Waals surface area contributed by atoms with Crippen molar-refractivity contribution in [2.75, 3.05) is 0 Å². The molecule has 1 aromatic rings. The lowest BCUT2D eigenvalue weighted by Crippen LogP contribution is -2.08. The maximum atomic E-state index is 11.7. The molecule has 0 bridgehead atoms. The Kier molecular flexibility index (Phi) is 3.86. The Morgan fingerprint density at radius 1 is 1.12 bits per heavy atom. The lowest BCUT2D eigenvalue weighted by atomic mass is 9.90. The largest absolute Gasteiger partial charge is 0.276 e. The van der Waals surface area contributed by atoms with Crippen molar-refractivity contribution >= 4 is 12.1 Å². The summed E-state index contributed by atoms with van der Waals surface area (Å²) in [4.78, 5) is 15.7. The van der Waals surface area contributed by atoms with Gasteiger partial charge < -0.3 is 0 Å². The van der Waals surface area contributed by atoms with Gasteiger partial charge in [-0.15, -0.1) is 0 Å². The molecule has 16 heavy (non-hydrogen) atoms. The van der Waals surface area contributed by atoms with Gasteiger partial charge in [0.1, 0.15) is 0 Å². The van der Waals surface area contributed by atoms with Crippen LogP contribution in [0.5, 0.6) is 0 Å². The zero-order valence-electron chi connectivity index (χ0n) is 9.43. The van der Waals surface area contributed by atoms with Crippen LogP contribution in [0.25, 0.3) is 0 Å². The molecule has 0 saturated heterocycles. The fourth-order valence-electron chi connectivity index (χ4n) is 2.11. The van der Waals surface area contributed by atoms with E-state index in [4.69, 9.17) is 0 Å². The number of carbonyl (C=O) groups is 1. The van der Waals surface area contributed by atoms with E-state index in [0.29, 0.717) is 11.5 Å². The molecule has 1 saturated carbocycles. The van der Waals surface area contributed by atoms with E-state index >= 15 is 0 Å². The third kappa shape index (κ3) is 3.02. The van der Waals surface area contributed by atoms with Crippen molar-refractivity contribution in [3.63, 3.8) is 0 Å². The molecule has 0 aliphatic heterocycles. The van der Waals surface area contributed by atoms with Gasteiger partial charge in [0.15, 0.2) is 0 Å². The summed E-state index contributed by atoms with van der Waals surface area (Å²) in [5.41, 5.74) is 0.676. The number of aliphatic imine (C=N–C) groups is 1. The second kappa shape index (κ2) is 5.59. The molecule has 2 rings (SSSR count). The fraction of sp³-hybridized carbons (Fsp3) is 0.429. The first kappa shape index (κ1) is 11.1. The van der Waals surface area contributed by atoms with Crippen LogP contribution in [0.3, 0.4) is 0 Å². The predicted molar refractivity (Wildman–Crippen MR) is 65.8 cm³/mol. The molecule has 0 spiro atoms. The lowest BCUT2D eigenvalue weighted by Gasteiger charge is -2.16. The monoisotopic (exact) mass is 215 g/mol. The number of carbonyl (C=O) groups excluding carboxylic acids is 1. The molecule has 1 aromatic carbocycles. The van der Waals surface area contributed by atoms with Crippen LogP contribution in [0.2, 0.25) is 0 Å². The second-order valence-corrected chi connectivity index (χ2v) is 4.35. The number of nitrogens with zero attached hydrogens (tertiary/aromatic N) is 1. The Labute approximate surface area is 96.4 Å². The van der Waals surface area contributed by atoms with Crippen LogP contribution in [0.15, 0.2) is 35.3 Å². The lowest BCUT2D eigenvalue weighted by molar-refractivity contribution is 0.100. The molecule has 0 radical (unpaired) electrons. The van der Waals surface area contributed by atoms with Crippen LogP contribution in [0, 0.1) is 5.92 Å². The predicted octanol–water partition coefficient (Wildman–Crippen LogP) is 3.48. The molecule has 2 heteroatoms. The highest BCUT2D eigenvalue weighted by atomic mass is 16.1. The van der Waals surface area contributed by atoms with Gasteiger partial charge in [-0.1, -0.05) is 37.5 Å². The van der Waals surface area contributed by atoms with E-state index in [1.807, 2.05) is 24.4 Å². The van der Waals surface area contributed by atoms with Crippen molar-refractivity contribution in [1.29, 1.82) is 0 Å². The number of benzene rings is 1. The number of amides is 1. The average Bonchev–Trinajstić information content (AvgIpc) is 2.38. The van der Waals surface area contributed by atoms with Gasteiger partial charge in [0, 0.05) is 11.8 Å². The molecule has 0 unspecified atom stereocenters. The van der Waals surface area contributed by atoms with Crippen molar-refractivity contribution in [1.82, 2.24) is 0 Å². The first-order valence-corrected chi connectivity index (χ1v) is 6.00. The quantitative estimate of drug-likeness (QED) is 0.694. The molecule has 84 valence electrons. The van der Waals surface area contributed by atoms with Crippen molar-refractivity contribution in [2.24, 2.45) is 10.9 Å². The Balaban J connectivity index is 1.94. The third-order valence-electron chi connectivity index (χ3n) is 3.07. The number of hydrogen-bond acceptors (Lipinski definition) is 1. The number of hydrogen-bond donors (Lipinski definition) is 0. The normalized spacial score (nSPS) is 17.8. The van der Waals surface area contributed by atoms with Crippen molar-refractivity contribution < 1.29 is 4.79 Å². The standard InChI is InChI=1S/C14H17NO/c16-14(13-9-5-2-6-10-13)15-11-12-7-3-1-4-8-12/h2,5-6,9-12H,1,3-4,7-8H2. The van der Waals surface area contributed by atoms with Gasteiger partial charge >= 0.3 is 0 Å². The first-order valence-electron chi connectivity index (χ1n) is 6.00. The Bertz CT molecular complexity index is 364. The Morgan fingerprint density at radius 2 is 1.81 bits per heavy atom. The zero-order chi connectivity index (χ0) is 11.2. The molecule has 0 aromatic heterocycles. The van der Waals surface area contributed by atoms with Crippen LogP contribution in [0.1, 0.15) is 42.5 Å². The van der Waals surface area contributed by atoms with Gasteiger partial charge in [0.2, 0.25) is 0 Å². The molecule has 0 heterocycles. The fourth-order valence-corrected chi connectivity index (χ4v) is 2.11. The minimum atomic E-state index is -0.119. The summed E-state index contributed by atoms with van der Waals surface area (Å²) in [6.45, 7) is 0. The van der Waals surface area contributed by atoms with E-state index in [0.717, 1.165) is 0 Å². The minimum Gasteiger partial charge on any atom is -0.267 e. The van der Waals surface area contributed by atoms with Crippen LogP contribution in [-0.4, -0.2) is 12.1 Å². The molecule has 1 fully saturated rings. The summed E-state index contributed by atoms with van der Waals surface area (Å²) in [7, 11) is 0. The smallest absolute Gasteiger partial charge is 0.267 e. The summed E-state index contributed by atoms with van der Waals surface area (Å²) < 4.78 is 0. The summed E-state index contributed by atoms with van der Waals surface area (Å²) in [6.07, 6.45) is 8.11. The molecule has 0 N–H and O–H groups in total.